The lowest BCUT2D eigenvalue weighted by molar-refractivity contribution is -0.402. The number of hydrogen-bond donors (Lipinski definition) is 1. The van der Waals surface area contributed by atoms with Gasteiger partial charge in [0, 0.05) is 13.0 Å². The standard InChI is InChI=1S/C14H14N2O4/c17-16(18)14-6-5-11(20-14)8-15-9-12-7-10-3-1-2-4-13(10)19-12/h1-6,12,15H,7-9H2. The van der Waals surface area contributed by atoms with E-state index in [1.165, 1.54) is 11.6 Å². The summed E-state index contributed by atoms with van der Waals surface area (Å²) >= 11 is 0. The minimum atomic E-state index is -0.541. The third-order valence-electron chi connectivity index (χ3n) is 3.21. The summed E-state index contributed by atoms with van der Waals surface area (Å²) in [4.78, 5) is 9.95. The van der Waals surface area contributed by atoms with E-state index in [4.69, 9.17) is 9.15 Å². The molecule has 0 saturated carbocycles. The molecular weight excluding hydrogens is 260 g/mol. The molecule has 0 fully saturated rings. The van der Waals surface area contributed by atoms with Crippen molar-refractivity contribution in [1.29, 1.82) is 0 Å². The van der Waals surface area contributed by atoms with Gasteiger partial charge in [0.25, 0.3) is 0 Å². The van der Waals surface area contributed by atoms with E-state index in [2.05, 4.69) is 11.4 Å². The van der Waals surface area contributed by atoms with Crippen LogP contribution in [0.2, 0.25) is 0 Å². The second kappa shape index (κ2) is 5.34. The van der Waals surface area contributed by atoms with Crippen molar-refractivity contribution < 1.29 is 14.1 Å². The molecule has 1 aromatic heterocycles. The van der Waals surface area contributed by atoms with Gasteiger partial charge in [-0.25, -0.2) is 0 Å². The molecule has 104 valence electrons. The smallest absolute Gasteiger partial charge is 0.433 e. The van der Waals surface area contributed by atoms with Crippen LogP contribution in [0.3, 0.4) is 0 Å². The van der Waals surface area contributed by atoms with Gasteiger partial charge in [0.05, 0.1) is 12.6 Å². The first-order valence-corrected chi connectivity index (χ1v) is 6.41. The predicted molar refractivity (Wildman–Crippen MR) is 71.6 cm³/mol. The third kappa shape index (κ3) is 2.65. The van der Waals surface area contributed by atoms with Crippen LogP contribution in [0.15, 0.2) is 40.8 Å². The molecule has 3 rings (SSSR count). The largest absolute Gasteiger partial charge is 0.488 e. The van der Waals surface area contributed by atoms with Crippen molar-refractivity contribution in [1.82, 2.24) is 5.32 Å². The monoisotopic (exact) mass is 274 g/mol. The number of rotatable bonds is 5. The minimum Gasteiger partial charge on any atom is -0.488 e. The van der Waals surface area contributed by atoms with E-state index < -0.39 is 4.92 Å². The summed E-state index contributed by atoms with van der Waals surface area (Å²) in [5.74, 6) is 1.26. The average Bonchev–Trinajstić information content (AvgIpc) is 3.04. The van der Waals surface area contributed by atoms with Gasteiger partial charge in [-0.2, -0.15) is 0 Å². The third-order valence-corrected chi connectivity index (χ3v) is 3.21. The Kier molecular flexibility index (Phi) is 3.39. The van der Waals surface area contributed by atoms with Crippen molar-refractivity contribution in [3.8, 4) is 5.75 Å². The van der Waals surface area contributed by atoms with Crippen LogP contribution in [0.5, 0.6) is 5.75 Å². The van der Waals surface area contributed by atoms with E-state index in [1.807, 2.05) is 18.2 Å². The van der Waals surface area contributed by atoms with Gasteiger partial charge in [-0.05, 0) is 17.7 Å². The second-order valence-corrected chi connectivity index (χ2v) is 4.68. The summed E-state index contributed by atoms with van der Waals surface area (Å²) in [6, 6.07) is 10.9. The Hall–Kier alpha value is -2.34. The van der Waals surface area contributed by atoms with Gasteiger partial charge < -0.3 is 14.5 Å². The normalized spacial score (nSPS) is 16.7. The lowest BCUT2D eigenvalue weighted by Gasteiger charge is -2.10. The molecular formula is C14H14N2O4. The van der Waals surface area contributed by atoms with Gasteiger partial charge in [0.2, 0.25) is 0 Å². The van der Waals surface area contributed by atoms with Crippen molar-refractivity contribution in [2.75, 3.05) is 6.54 Å². The zero-order chi connectivity index (χ0) is 13.9. The van der Waals surface area contributed by atoms with Crippen molar-refractivity contribution >= 4 is 5.88 Å². The number of nitrogens with one attached hydrogen (secondary N) is 1. The number of para-hydroxylation sites is 1. The highest BCUT2D eigenvalue weighted by Crippen LogP contribution is 2.27. The van der Waals surface area contributed by atoms with Crippen molar-refractivity contribution in [2.24, 2.45) is 0 Å². The lowest BCUT2D eigenvalue weighted by Crippen LogP contribution is -2.29. The molecule has 0 bridgehead atoms. The molecule has 1 N–H and O–H groups in total. The van der Waals surface area contributed by atoms with E-state index >= 15 is 0 Å². The van der Waals surface area contributed by atoms with Crippen LogP contribution < -0.4 is 10.1 Å². The highest BCUT2D eigenvalue weighted by molar-refractivity contribution is 5.37. The van der Waals surface area contributed by atoms with E-state index in [0.29, 0.717) is 18.8 Å². The molecule has 1 aliphatic rings. The summed E-state index contributed by atoms with van der Waals surface area (Å²) in [6.45, 7) is 1.12. The van der Waals surface area contributed by atoms with Gasteiger partial charge in [0.1, 0.15) is 22.5 Å². The van der Waals surface area contributed by atoms with Crippen LogP contribution in [-0.4, -0.2) is 17.6 Å². The van der Waals surface area contributed by atoms with E-state index in [-0.39, 0.29) is 12.0 Å². The molecule has 1 aromatic carbocycles. The molecule has 20 heavy (non-hydrogen) atoms. The quantitative estimate of drug-likeness (QED) is 0.668. The minimum absolute atomic E-state index is 0.0948. The Balaban J connectivity index is 1.48. The average molecular weight is 274 g/mol. The van der Waals surface area contributed by atoms with Crippen molar-refractivity contribution in [3.63, 3.8) is 0 Å². The molecule has 6 nitrogen and oxygen atoms in total. The van der Waals surface area contributed by atoms with Gasteiger partial charge in [-0.15, -0.1) is 0 Å². The molecule has 2 heterocycles. The summed E-state index contributed by atoms with van der Waals surface area (Å²) in [5.41, 5.74) is 1.22. The Bertz CT molecular complexity index is 598. The van der Waals surface area contributed by atoms with Crippen molar-refractivity contribution in [3.05, 3.63) is 57.8 Å². The van der Waals surface area contributed by atoms with E-state index in [1.54, 1.807) is 6.07 Å². The lowest BCUT2D eigenvalue weighted by atomic mass is 10.1. The fraction of sp³-hybridized carbons (Fsp3) is 0.286. The number of benzene rings is 1. The Labute approximate surface area is 115 Å². The summed E-state index contributed by atoms with van der Waals surface area (Å²) in [7, 11) is 0. The van der Waals surface area contributed by atoms with E-state index in [9.17, 15) is 10.1 Å². The van der Waals surface area contributed by atoms with Gasteiger partial charge in [0.15, 0.2) is 0 Å². The molecule has 1 aliphatic heterocycles. The zero-order valence-electron chi connectivity index (χ0n) is 10.7. The molecule has 0 spiro atoms. The Morgan fingerprint density at radius 2 is 2.15 bits per heavy atom. The van der Waals surface area contributed by atoms with Crippen LogP contribution in [0.1, 0.15) is 11.3 Å². The van der Waals surface area contributed by atoms with Crippen LogP contribution in [0, 0.1) is 10.1 Å². The highest BCUT2D eigenvalue weighted by atomic mass is 16.6. The van der Waals surface area contributed by atoms with Crippen LogP contribution in [0.25, 0.3) is 0 Å². The maximum atomic E-state index is 10.5. The topological polar surface area (TPSA) is 77.5 Å². The van der Waals surface area contributed by atoms with Gasteiger partial charge in [-0.3, -0.25) is 10.1 Å². The first-order chi connectivity index (χ1) is 9.72. The Morgan fingerprint density at radius 1 is 1.30 bits per heavy atom. The SMILES string of the molecule is O=[N+]([O-])c1ccc(CNCC2Cc3ccccc3O2)o1. The first-order valence-electron chi connectivity index (χ1n) is 6.41. The van der Waals surface area contributed by atoms with Gasteiger partial charge >= 0.3 is 5.88 Å². The summed E-state index contributed by atoms with van der Waals surface area (Å²) in [6.07, 6.45) is 0.971. The maximum absolute atomic E-state index is 10.5. The molecule has 0 radical (unpaired) electrons. The Morgan fingerprint density at radius 3 is 2.90 bits per heavy atom. The molecule has 0 aliphatic carbocycles. The molecule has 1 atom stereocenters. The number of furan rings is 1. The predicted octanol–water partition coefficient (Wildman–Crippen LogP) is 2.28. The number of hydrogen-bond acceptors (Lipinski definition) is 5. The fourth-order valence-corrected chi connectivity index (χ4v) is 2.28. The molecule has 2 aromatic rings. The molecule has 0 saturated heterocycles. The van der Waals surface area contributed by atoms with Crippen LogP contribution in [-0.2, 0) is 13.0 Å². The summed E-state index contributed by atoms with van der Waals surface area (Å²) < 4.78 is 10.9. The number of nitro groups is 1. The summed E-state index contributed by atoms with van der Waals surface area (Å²) in [5, 5.41) is 13.7. The fourth-order valence-electron chi connectivity index (χ4n) is 2.28. The molecule has 6 heteroatoms. The first kappa shape index (κ1) is 12.7. The van der Waals surface area contributed by atoms with E-state index in [0.717, 1.165) is 12.2 Å². The van der Waals surface area contributed by atoms with Crippen LogP contribution >= 0.6 is 0 Å². The number of fused-ring (bicyclic) bond motifs is 1. The molecule has 0 amide bonds. The zero-order valence-corrected chi connectivity index (χ0v) is 10.7. The van der Waals surface area contributed by atoms with Gasteiger partial charge in [-0.1, -0.05) is 18.2 Å². The highest BCUT2D eigenvalue weighted by Gasteiger charge is 2.21. The molecule has 1 unspecified atom stereocenters. The second-order valence-electron chi connectivity index (χ2n) is 4.68. The number of nitrogens with zero attached hydrogens (tertiary/aromatic N) is 1. The maximum Gasteiger partial charge on any atom is 0.433 e. The number of ether oxygens (including phenoxy) is 1. The van der Waals surface area contributed by atoms with Crippen LogP contribution in [0.4, 0.5) is 5.88 Å². The van der Waals surface area contributed by atoms with Crippen molar-refractivity contribution in [2.45, 2.75) is 19.1 Å².